The van der Waals surface area contributed by atoms with Gasteiger partial charge in [-0.1, -0.05) is 5.16 Å². The molecule has 1 aromatic rings. The minimum absolute atomic E-state index is 0.0438. The topological polar surface area (TPSA) is 58.4 Å². The summed E-state index contributed by atoms with van der Waals surface area (Å²) in [5.41, 5.74) is 0.401. The van der Waals surface area contributed by atoms with Crippen molar-refractivity contribution in [2.24, 2.45) is 0 Å². The van der Waals surface area contributed by atoms with E-state index >= 15 is 0 Å². The monoisotopic (exact) mass is 223 g/mol. The van der Waals surface area contributed by atoms with Gasteiger partial charge in [-0.25, -0.2) is 0 Å². The molecule has 0 aromatic carbocycles. The maximum absolute atomic E-state index is 12.1. The average Bonchev–Trinajstić information content (AvgIpc) is 2.68. The van der Waals surface area contributed by atoms with E-state index in [0.717, 1.165) is 13.1 Å². The Morgan fingerprint density at radius 1 is 1.62 bits per heavy atom. The smallest absolute Gasteiger partial charge is 0.276 e. The molecule has 0 radical (unpaired) electrons. The van der Waals surface area contributed by atoms with Gasteiger partial charge in [-0.2, -0.15) is 0 Å². The maximum atomic E-state index is 12.1. The van der Waals surface area contributed by atoms with Gasteiger partial charge in [0.1, 0.15) is 5.76 Å². The Morgan fingerprint density at radius 2 is 2.38 bits per heavy atom. The largest absolute Gasteiger partial charge is 0.361 e. The molecule has 2 atom stereocenters. The summed E-state index contributed by atoms with van der Waals surface area (Å²) < 4.78 is 4.93. The third-order valence-electron chi connectivity index (χ3n) is 3.14. The lowest BCUT2D eigenvalue weighted by Gasteiger charge is -2.38. The number of nitrogens with one attached hydrogen (secondary N) is 1. The van der Waals surface area contributed by atoms with Crippen molar-refractivity contribution >= 4 is 5.91 Å². The van der Waals surface area contributed by atoms with Crippen molar-refractivity contribution in [3.63, 3.8) is 0 Å². The summed E-state index contributed by atoms with van der Waals surface area (Å²) >= 11 is 0. The Bertz CT molecular complexity index is 388. The van der Waals surface area contributed by atoms with E-state index in [1.54, 1.807) is 13.0 Å². The second-order valence-corrected chi connectivity index (χ2v) is 4.30. The van der Waals surface area contributed by atoms with E-state index in [1.807, 2.05) is 11.8 Å². The molecule has 5 nitrogen and oxygen atoms in total. The molecule has 2 unspecified atom stereocenters. The molecule has 88 valence electrons. The van der Waals surface area contributed by atoms with Crippen molar-refractivity contribution in [1.82, 2.24) is 15.4 Å². The van der Waals surface area contributed by atoms with Crippen LogP contribution in [0.2, 0.25) is 0 Å². The van der Waals surface area contributed by atoms with Crippen LogP contribution in [0.3, 0.4) is 0 Å². The van der Waals surface area contributed by atoms with Gasteiger partial charge in [-0.3, -0.25) is 4.79 Å². The van der Waals surface area contributed by atoms with E-state index in [0.29, 0.717) is 17.5 Å². The number of nitrogens with zero attached hydrogens (tertiary/aromatic N) is 2. The molecule has 1 aliphatic heterocycles. The van der Waals surface area contributed by atoms with Crippen LogP contribution in [0.15, 0.2) is 10.6 Å². The third kappa shape index (κ3) is 1.95. The van der Waals surface area contributed by atoms with E-state index < -0.39 is 0 Å². The van der Waals surface area contributed by atoms with Gasteiger partial charge in [0.2, 0.25) is 0 Å². The minimum atomic E-state index is -0.0438. The Balaban J connectivity index is 2.15. The van der Waals surface area contributed by atoms with Crippen LogP contribution in [0.5, 0.6) is 0 Å². The normalized spacial score (nSPS) is 25.8. The molecule has 1 aromatic heterocycles. The molecule has 5 heteroatoms. The Morgan fingerprint density at radius 3 is 3.00 bits per heavy atom. The highest BCUT2D eigenvalue weighted by molar-refractivity contribution is 5.92. The van der Waals surface area contributed by atoms with E-state index in [1.165, 1.54) is 0 Å². The van der Waals surface area contributed by atoms with Gasteiger partial charge in [0.05, 0.1) is 0 Å². The van der Waals surface area contributed by atoms with Gasteiger partial charge in [0.25, 0.3) is 5.91 Å². The van der Waals surface area contributed by atoms with Crippen LogP contribution in [-0.4, -0.2) is 41.1 Å². The fourth-order valence-electron chi connectivity index (χ4n) is 1.96. The zero-order valence-electron chi connectivity index (χ0n) is 9.86. The molecule has 1 amide bonds. The minimum Gasteiger partial charge on any atom is -0.361 e. The van der Waals surface area contributed by atoms with Crippen molar-refractivity contribution < 1.29 is 9.32 Å². The fraction of sp³-hybridized carbons (Fsp3) is 0.636. The lowest BCUT2D eigenvalue weighted by atomic mass is 10.1. The predicted octanol–water partition coefficient (Wildman–Crippen LogP) is 0.805. The summed E-state index contributed by atoms with van der Waals surface area (Å²) in [7, 11) is 0. The summed E-state index contributed by atoms with van der Waals surface area (Å²) in [6.45, 7) is 7.46. The SMILES string of the molecule is Cc1cc(C(=O)N2CCNC(C)C2C)no1. The van der Waals surface area contributed by atoms with Crippen molar-refractivity contribution in [2.45, 2.75) is 32.9 Å². The molecule has 0 saturated carbocycles. The number of hydrogen-bond donors (Lipinski definition) is 1. The molecule has 2 rings (SSSR count). The fourth-order valence-corrected chi connectivity index (χ4v) is 1.96. The van der Waals surface area contributed by atoms with Crippen LogP contribution in [0.1, 0.15) is 30.1 Å². The molecule has 2 heterocycles. The number of aromatic nitrogens is 1. The molecule has 1 saturated heterocycles. The van der Waals surface area contributed by atoms with E-state index in [-0.39, 0.29) is 11.9 Å². The summed E-state index contributed by atoms with van der Waals surface area (Å²) in [5, 5.41) is 7.10. The lowest BCUT2D eigenvalue weighted by molar-refractivity contribution is 0.0592. The zero-order valence-corrected chi connectivity index (χ0v) is 9.86. The molecule has 1 N–H and O–H groups in total. The first-order valence-electron chi connectivity index (χ1n) is 5.57. The van der Waals surface area contributed by atoms with Crippen LogP contribution < -0.4 is 5.32 Å². The highest BCUT2D eigenvalue weighted by Gasteiger charge is 2.30. The highest BCUT2D eigenvalue weighted by Crippen LogP contribution is 2.13. The van der Waals surface area contributed by atoms with Crippen LogP contribution in [0.25, 0.3) is 0 Å². The van der Waals surface area contributed by atoms with Gasteiger partial charge in [0.15, 0.2) is 5.69 Å². The summed E-state index contributed by atoms with van der Waals surface area (Å²) in [4.78, 5) is 14.0. The second kappa shape index (κ2) is 4.25. The Kier molecular flexibility index (Phi) is 2.96. The summed E-state index contributed by atoms with van der Waals surface area (Å²) in [5.74, 6) is 0.622. The molecule has 1 aliphatic rings. The summed E-state index contributed by atoms with van der Waals surface area (Å²) in [6, 6.07) is 2.17. The number of aryl methyl sites for hydroxylation is 1. The van der Waals surface area contributed by atoms with Crippen LogP contribution >= 0.6 is 0 Å². The van der Waals surface area contributed by atoms with Crippen molar-refractivity contribution in [2.75, 3.05) is 13.1 Å². The Hall–Kier alpha value is -1.36. The number of carbonyl (C=O) groups excluding carboxylic acids is 1. The maximum Gasteiger partial charge on any atom is 0.276 e. The van der Waals surface area contributed by atoms with E-state index in [9.17, 15) is 4.79 Å². The van der Waals surface area contributed by atoms with Gasteiger partial charge in [-0.05, 0) is 20.8 Å². The highest BCUT2D eigenvalue weighted by atomic mass is 16.5. The zero-order chi connectivity index (χ0) is 11.7. The molecule has 0 bridgehead atoms. The van der Waals surface area contributed by atoms with Crippen LogP contribution in [0.4, 0.5) is 0 Å². The van der Waals surface area contributed by atoms with E-state index in [4.69, 9.17) is 4.52 Å². The van der Waals surface area contributed by atoms with Gasteiger partial charge in [0, 0.05) is 31.2 Å². The van der Waals surface area contributed by atoms with Gasteiger partial charge >= 0.3 is 0 Å². The van der Waals surface area contributed by atoms with Crippen molar-refractivity contribution in [3.8, 4) is 0 Å². The molecular weight excluding hydrogens is 206 g/mol. The third-order valence-corrected chi connectivity index (χ3v) is 3.14. The first kappa shape index (κ1) is 11.1. The summed E-state index contributed by atoms with van der Waals surface area (Å²) in [6.07, 6.45) is 0. The molecule has 0 spiro atoms. The van der Waals surface area contributed by atoms with E-state index in [2.05, 4.69) is 17.4 Å². The van der Waals surface area contributed by atoms with Gasteiger partial charge in [-0.15, -0.1) is 0 Å². The first-order chi connectivity index (χ1) is 7.59. The van der Waals surface area contributed by atoms with Gasteiger partial charge < -0.3 is 14.7 Å². The molecule has 0 aliphatic carbocycles. The van der Waals surface area contributed by atoms with Crippen LogP contribution in [0, 0.1) is 6.92 Å². The first-order valence-corrected chi connectivity index (χ1v) is 5.57. The number of piperazine rings is 1. The molecule has 16 heavy (non-hydrogen) atoms. The van der Waals surface area contributed by atoms with Crippen molar-refractivity contribution in [3.05, 3.63) is 17.5 Å². The molecular formula is C11H17N3O2. The molecule has 1 fully saturated rings. The number of hydrogen-bond acceptors (Lipinski definition) is 4. The lowest BCUT2D eigenvalue weighted by Crippen LogP contribution is -2.57. The van der Waals surface area contributed by atoms with Crippen molar-refractivity contribution in [1.29, 1.82) is 0 Å². The second-order valence-electron chi connectivity index (χ2n) is 4.30. The average molecular weight is 223 g/mol. The number of carbonyl (C=O) groups is 1. The quantitative estimate of drug-likeness (QED) is 0.765. The number of amides is 1. The predicted molar refractivity (Wildman–Crippen MR) is 59.2 cm³/mol. The standard InChI is InChI=1S/C11H17N3O2/c1-7-6-10(13-16-7)11(15)14-5-4-12-8(2)9(14)3/h6,8-9,12H,4-5H2,1-3H3. The number of rotatable bonds is 1. The van der Waals surface area contributed by atoms with Crippen LogP contribution in [-0.2, 0) is 0 Å². The Labute approximate surface area is 94.8 Å².